The summed E-state index contributed by atoms with van der Waals surface area (Å²) in [5.74, 6) is 8.45. The third kappa shape index (κ3) is 8.61. The molecule has 28 heavy (non-hydrogen) atoms. The van der Waals surface area contributed by atoms with Gasteiger partial charge in [-0.25, -0.2) is 0 Å². The SMILES string of the molecule is CCCC(CCC(C)CC)CN(C)CC#Cc1ccc(C(=O)CC)c(CC)c1. The summed E-state index contributed by atoms with van der Waals surface area (Å²) < 4.78 is 0. The summed E-state index contributed by atoms with van der Waals surface area (Å²) in [5.41, 5.74) is 2.98. The van der Waals surface area contributed by atoms with Crippen LogP contribution < -0.4 is 0 Å². The monoisotopic (exact) mass is 383 g/mol. The Kier molecular flexibility index (Phi) is 11.8. The molecule has 2 heteroatoms. The van der Waals surface area contributed by atoms with Gasteiger partial charge in [0.05, 0.1) is 6.54 Å². The first-order chi connectivity index (χ1) is 13.4. The fourth-order valence-electron chi connectivity index (χ4n) is 3.67. The minimum atomic E-state index is 0.218. The minimum Gasteiger partial charge on any atom is -0.295 e. The number of nitrogens with zero attached hydrogens (tertiary/aromatic N) is 1. The van der Waals surface area contributed by atoms with Crippen molar-refractivity contribution in [3.05, 3.63) is 34.9 Å². The molecule has 0 aliphatic rings. The van der Waals surface area contributed by atoms with Gasteiger partial charge in [-0.3, -0.25) is 9.69 Å². The van der Waals surface area contributed by atoms with Gasteiger partial charge in [0.1, 0.15) is 0 Å². The Labute approximate surface area is 174 Å². The summed E-state index contributed by atoms with van der Waals surface area (Å²) in [6.45, 7) is 12.9. The van der Waals surface area contributed by atoms with Gasteiger partial charge in [0.2, 0.25) is 0 Å². The molecule has 0 saturated carbocycles. The molecule has 1 aromatic carbocycles. The van der Waals surface area contributed by atoms with E-state index in [1.165, 1.54) is 32.1 Å². The Hall–Kier alpha value is -1.59. The average Bonchev–Trinajstić information content (AvgIpc) is 2.71. The average molecular weight is 384 g/mol. The molecule has 2 atom stereocenters. The predicted molar refractivity (Wildman–Crippen MR) is 122 cm³/mol. The van der Waals surface area contributed by atoms with Gasteiger partial charge in [-0.2, -0.15) is 0 Å². The fourth-order valence-corrected chi connectivity index (χ4v) is 3.67. The summed E-state index contributed by atoms with van der Waals surface area (Å²) >= 11 is 0. The van der Waals surface area contributed by atoms with Crippen LogP contribution in [0.5, 0.6) is 0 Å². The first-order valence-electron chi connectivity index (χ1n) is 11.3. The Morgan fingerprint density at radius 2 is 1.86 bits per heavy atom. The van der Waals surface area contributed by atoms with Crippen molar-refractivity contribution in [1.29, 1.82) is 0 Å². The zero-order valence-electron chi connectivity index (χ0n) is 19.1. The molecule has 0 amide bonds. The number of benzene rings is 1. The summed E-state index contributed by atoms with van der Waals surface area (Å²) in [6, 6.07) is 6.02. The fraction of sp³-hybridized carbons (Fsp3) is 0.654. The first kappa shape index (κ1) is 24.4. The highest BCUT2D eigenvalue weighted by atomic mass is 16.1. The molecule has 1 aromatic rings. The van der Waals surface area contributed by atoms with E-state index in [1.54, 1.807) is 0 Å². The first-order valence-corrected chi connectivity index (χ1v) is 11.3. The Bertz CT molecular complexity index is 652. The van der Waals surface area contributed by atoms with Crippen molar-refractivity contribution in [2.45, 2.75) is 79.6 Å². The molecule has 0 aliphatic carbocycles. The van der Waals surface area contributed by atoms with Crippen LogP contribution >= 0.6 is 0 Å². The molecule has 2 nitrogen and oxygen atoms in total. The molecule has 0 aromatic heterocycles. The largest absolute Gasteiger partial charge is 0.295 e. The molecule has 0 aliphatic heterocycles. The van der Waals surface area contributed by atoms with Crippen molar-refractivity contribution in [3.8, 4) is 11.8 Å². The highest BCUT2D eigenvalue weighted by molar-refractivity contribution is 5.97. The van der Waals surface area contributed by atoms with Crippen molar-refractivity contribution in [2.75, 3.05) is 20.1 Å². The van der Waals surface area contributed by atoms with Crippen LogP contribution in [0.15, 0.2) is 18.2 Å². The lowest BCUT2D eigenvalue weighted by atomic mass is 9.92. The number of carbonyl (C=O) groups is 1. The zero-order chi connectivity index (χ0) is 20.9. The molecule has 0 N–H and O–H groups in total. The summed E-state index contributed by atoms with van der Waals surface area (Å²) in [5, 5.41) is 0. The number of Topliss-reactive ketones (excluding diaryl/α,β-unsaturated/α-hetero) is 1. The number of hydrogen-bond acceptors (Lipinski definition) is 2. The van der Waals surface area contributed by atoms with Crippen LogP contribution in [0.2, 0.25) is 0 Å². The van der Waals surface area contributed by atoms with E-state index < -0.39 is 0 Å². The third-order valence-electron chi connectivity index (χ3n) is 5.72. The highest BCUT2D eigenvalue weighted by Crippen LogP contribution is 2.20. The molecule has 1 rings (SSSR count). The standard InChI is InChI=1S/C26H41NO/c1-7-12-23(15-14-21(5)8-2)20-27(6)18-11-13-22-16-17-25(26(28)10-4)24(9-3)19-22/h16-17,19,21,23H,7-10,12,14-15,18,20H2,1-6H3. The lowest BCUT2D eigenvalue weighted by Crippen LogP contribution is -2.26. The number of hydrogen-bond donors (Lipinski definition) is 0. The van der Waals surface area contributed by atoms with Crippen molar-refractivity contribution in [3.63, 3.8) is 0 Å². The molecule has 0 spiro atoms. The van der Waals surface area contributed by atoms with Gasteiger partial charge in [-0.15, -0.1) is 0 Å². The van der Waals surface area contributed by atoms with E-state index in [2.05, 4.69) is 57.5 Å². The quantitative estimate of drug-likeness (QED) is 0.309. The Morgan fingerprint density at radius 3 is 2.46 bits per heavy atom. The molecule has 0 fully saturated rings. The van der Waals surface area contributed by atoms with Gasteiger partial charge < -0.3 is 0 Å². The Balaban J connectivity index is 2.65. The van der Waals surface area contributed by atoms with E-state index in [9.17, 15) is 4.79 Å². The highest BCUT2D eigenvalue weighted by Gasteiger charge is 2.12. The topological polar surface area (TPSA) is 20.3 Å². The summed E-state index contributed by atoms with van der Waals surface area (Å²) in [4.78, 5) is 14.4. The molecule has 0 saturated heterocycles. The van der Waals surface area contributed by atoms with E-state index in [4.69, 9.17) is 0 Å². The lowest BCUT2D eigenvalue weighted by molar-refractivity contribution is 0.0987. The third-order valence-corrected chi connectivity index (χ3v) is 5.72. The van der Waals surface area contributed by atoms with Gasteiger partial charge in [-0.05, 0) is 61.9 Å². The molecule has 0 radical (unpaired) electrons. The van der Waals surface area contributed by atoms with Gasteiger partial charge in [0, 0.05) is 24.1 Å². The smallest absolute Gasteiger partial charge is 0.162 e. The number of rotatable bonds is 12. The van der Waals surface area contributed by atoms with E-state index in [0.717, 1.165) is 48.0 Å². The maximum Gasteiger partial charge on any atom is 0.162 e. The zero-order valence-corrected chi connectivity index (χ0v) is 19.1. The number of ketones is 1. The van der Waals surface area contributed by atoms with Gasteiger partial charge >= 0.3 is 0 Å². The molecular formula is C26H41NO. The lowest BCUT2D eigenvalue weighted by Gasteiger charge is -2.23. The van der Waals surface area contributed by atoms with E-state index in [-0.39, 0.29) is 5.78 Å². The number of aryl methyl sites for hydroxylation is 1. The molecule has 0 heterocycles. The normalized spacial score (nSPS) is 13.1. The van der Waals surface area contributed by atoms with Crippen LogP contribution in [-0.4, -0.2) is 30.8 Å². The minimum absolute atomic E-state index is 0.218. The van der Waals surface area contributed by atoms with Crippen molar-refractivity contribution >= 4 is 5.78 Å². The second kappa shape index (κ2) is 13.6. The van der Waals surface area contributed by atoms with Crippen molar-refractivity contribution in [1.82, 2.24) is 4.90 Å². The van der Waals surface area contributed by atoms with Crippen LogP contribution in [0.25, 0.3) is 0 Å². The van der Waals surface area contributed by atoms with E-state index in [0.29, 0.717) is 6.42 Å². The molecular weight excluding hydrogens is 342 g/mol. The molecule has 156 valence electrons. The number of carbonyl (C=O) groups excluding carboxylic acids is 1. The summed E-state index contributed by atoms with van der Waals surface area (Å²) in [7, 11) is 2.18. The molecule has 0 bridgehead atoms. The van der Waals surface area contributed by atoms with Gasteiger partial charge in [-0.1, -0.05) is 65.7 Å². The second-order valence-electron chi connectivity index (χ2n) is 8.25. The van der Waals surface area contributed by atoms with E-state index in [1.807, 2.05) is 19.1 Å². The van der Waals surface area contributed by atoms with E-state index >= 15 is 0 Å². The maximum absolute atomic E-state index is 12.0. The van der Waals surface area contributed by atoms with Crippen LogP contribution in [-0.2, 0) is 6.42 Å². The Morgan fingerprint density at radius 1 is 1.11 bits per heavy atom. The van der Waals surface area contributed by atoms with Crippen LogP contribution in [0.4, 0.5) is 0 Å². The molecule has 2 unspecified atom stereocenters. The van der Waals surface area contributed by atoms with Crippen LogP contribution in [0.1, 0.15) is 94.6 Å². The maximum atomic E-state index is 12.0. The predicted octanol–water partition coefficient (Wildman–Crippen LogP) is 6.37. The summed E-state index contributed by atoms with van der Waals surface area (Å²) in [6.07, 6.45) is 7.93. The second-order valence-corrected chi connectivity index (χ2v) is 8.25. The van der Waals surface area contributed by atoms with Gasteiger partial charge in [0.25, 0.3) is 0 Å². The van der Waals surface area contributed by atoms with Crippen LogP contribution in [0, 0.1) is 23.7 Å². The van der Waals surface area contributed by atoms with Crippen molar-refractivity contribution < 1.29 is 4.79 Å². The van der Waals surface area contributed by atoms with Crippen LogP contribution in [0.3, 0.4) is 0 Å². The van der Waals surface area contributed by atoms with Crippen molar-refractivity contribution in [2.24, 2.45) is 11.8 Å². The van der Waals surface area contributed by atoms with Gasteiger partial charge in [0.15, 0.2) is 5.78 Å².